The molecule has 0 amide bonds. The Balaban J connectivity index is 2.51. The molecule has 0 radical (unpaired) electrons. The fourth-order valence-electron chi connectivity index (χ4n) is 1.64. The Hall–Kier alpha value is -1.88. The highest BCUT2D eigenvalue weighted by Gasteiger charge is 2.15. The molecule has 0 spiro atoms. The van der Waals surface area contributed by atoms with Crippen LogP contribution in [0.25, 0.3) is 11.1 Å². The van der Waals surface area contributed by atoms with Crippen LogP contribution in [0.4, 0.5) is 4.39 Å². The summed E-state index contributed by atoms with van der Waals surface area (Å²) < 4.78 is 15.1. The van der Waals surface area contributed by atoms with Crippen molar-refractivity contribution in [2.45, 2.75) is 13.5 Å². The summed E-state index contributed by atoms with van der Waals surface area (Å²) in [6, 6.07) is 4.15. The number of benzene rings is 1. The van der Waals surface area contributed by atoms with E-state index in [0.717, 1.165) is 0 Å². The zero-order valence-corrected chi connectivity index (χ0v) is 10.3. The Morgan fingerprint density at radius 2 is 2.22 bits per heavy atom. The maximum absolute atomic E-state index is 13.9. The number of rotatable bonds is 3. The van der Waals surface area contributed by atoms with Gasteiger partial charge in [-0.05, 0) is 19.1 Å². The smallest absolute Gasteiger partial charge is 0.335 e. The maximum Gasteiger partial charge on any atom is 0.335 e. The molecule has 0 bridgehead atoms. The van der Waals surface area contributed by atoms with E-state index in [4.69, 9.17) is 16.7 Å². The van der Waals surface area contributed by atoms with Crippen LogP contribution in [-0.4, -0.2) is 20.9 Å². The lowest BCUT2D eigenvalue weighted by atomic mass is 10.1. The van der Waals surface area contributed by atoms with Crippen molar-refractivity contribution < 1.29 is 14.3 Å². The Morgan fingerprint density at radius 3 is 2.72 bits per heavy atom. The summed E-state index contributed by atoms with van der Waals surface area (Å²) in [6.45, 7) is 2.19. The van der Waals surface area contributed by atoms with Crippen molar-refractivity contribution in [3.8, 4) is 11.1 Å². The van der Waals surface area contributed by atoms with Gasteiger partial charge in [0.2, 0.25) is 5.95 Å². The number of hydrogen-bond donors (Lipinski definition) is 1. The first-order valence-corrected chi connectivity index (χ1v) is 5.67. The second kappa shape index (κ2) is 4.78. The summed E-state index contributed by atoms with van der Waals surface area (Å²) >= 11 is 5.97. The molecule has 0 fully saturated rings. The lowest BCUT2D eigenvalue weighted by Crippen LogP contribution is -2.00. The fraction of sp³-hybridized carbons (Fsp3) is 0.167. The number of aromatic nitrogens is 2. The van der Waals surface area contributed by atoms with Crippen molar-refractivity contribution >= 4 is 17.6 Å². The van der Waals surface area contributed by atoms with E-state index in [1.165, 1.54) is 29.1 Å². The van der Waals surface area contributed by atoms with Gasteiger partial charge >= 0.3 is 5.97 Å². The molecule has 0 aliphatic rings. The van der Waals surface area contributed by atoms with Gasteiger partial charge in [0.05, 0.1) is 17.3 Å². The van der Waals surface area contributed by atoms with E-state index < -0.39 is 11.9 Å². The molecule has 2 aromatic rings. The highest BCUT2D eigenvalue weighted by atomic mass is 35.5. The Bertz CT molecular complexity index is 610. The number of aryl methyl sites for hydroxylation is 1. The van der Waals surface area contributed by atoms with Crippen LogP contribution in [0, 0.1) is 5.95 Å². The Kier molecular flexibility index (Phi) is 3.34. The normalized spacial score (nSPS) is 10.6. The zero-order chi connectivity index (χ0) is 13.3. The topological polar surface area (TPSA) is 55.1 Å². The van der Waals surface area contributed by atoms with E-state index >= 15 is 0 Å². The summed E-state index contributed by atoms with van der Waals surface area (Å²) in [5.74, 6) is -1.56. The first-order chi connectivity index (χ1) is 8.54. The molecule has 1 aromatic heterocycles. The minimum Gasteiger partial charge on any atom is -0.478 e. The van der Waals surface area contributed by atoms with Gasteiger partial charge < -0.3 is 5.11 Å². The van der Waals surface area contributed by atoms with Crippen LogP contribution >= 0.6 is 11.6 Å². The summed E-state index contributed by atoms with van der Waals surface area (Å²) in [5, 5.41) is 12.9. The molecule has 4 nitrogen and oxygen atoms in total. The highest BCUT2D eigenvalue weighted by molar-refractivity contribution is 6.33. The number of nitrogens with zero attached hydrogens (tertiary/aromatic N) is 2. The van der Waals surface area contributed by atoms with Crippen LogP contribution in [0.5, 0.6) is 0 Å². The van der Waals surface area contributed by atoms with E-state index in [1.807, 2.05) is 0 Å². The quantitative estimate of drug-likeness (QED) is 0.931. The van der Waals surface area contributed by atoms with Crippen LogP contribution in [0.3, 0.4) is 0 Å². The van der Waals surface area contributed by atoms with Crippen molar-refractivity contribution in [3.05, 3.63) is 40.9 Å². The number of halogens is 2. The van der Waals surface area contributed by atoms with Crippen LogP contribution in [0.1, 0.15) is 17.3 Å². The molecular weight excluding hydrogens is 259 g/mol. The first-order valence-electron chi connectivity index (χ1n) is 5.29. The largest absolute Gasteiger partial charge is 0.478 e. The Labute approximate surface area is 108 Å². The molecule has 94 valence electrons. The molecule has 18 heavy (non-hydrogen) atoms. The molecule has 0 saturated carbocycles. The van der Waals surface area contributed by atoms with Gasteiger partial charge in [0.1, 0.15) is 0 Å². The molecule has 2 rings (SSSR count). The molecule has 1 aromatic carbocycles. The van der Waals surface area contributed by atoms with E-state index in [1.54, 1.807) is 6.92 Å². The van der Waals surface area contributed by atoms with Gasteiger partial charge in [0.25, 0.3) is 0 Å². The Morgan fingerprint density at radius 1 is 1.50 bits per heavy atom. The molecule has 0 aliphatic carbocycles. The predicted octanol–water partition coefficient (Wildman–Crippen LogP) is 3.06. The molecule has 0 aliphatic heterocycles. The van der Waals surface area contributed by atoms with Gasteiger partial charge in [-0.25, -0.2) is 9.48 Å². The van der Waals surface area contributed by atoms with E-state index in [2.05, 4.69) is 5.10 Å². The number of carboxylic acid groups (broad SMARTS) is 1. The molecular formula is C12H10ClFN2O2. The molecule has 1 N–H and O–H groups in total. The first kappa shape index (κ1) is 12.6. The van der Waals surface area contributed by atoms with Gasteiger partial charge in [0, 0.05) is 17.1 Å². The SMILES string of the molecule is CCn1ncc(-c2ccc(C(=O)O)cc2Cl)c1F. The van der Waals surface area contributed by atoms with Crippen molar-refractivity contribution in [1.29, 1.82) is 0 Å². The van der Waals surface area contributed by atoms with Gasteiger partial charge in [-0.1, -0.05) is 17.7 Å². The minimum atomic E-state index is -1.08. The highest BCUT2D eigenvalue weighted by Crippen LogP contribution is 2.30. The average Bonchev–Trinajstić information content (AvgIpc) is 2.70. The standard InChI is InChI=1S/C12H10ClFN2O2/c1-2-16-11(14)9(6-15-16)8-4-3-7(12(17)18)5-10(8)13/h3-6H,2H2,1H3,(H,17,18). The van der Waals surface area contributed by atoms with Crippen LogP contribution in [0.15, 0.2) is 24.4 Å². The number of carboxylic acids is 1. The van der Waals surface area contributed by atoms with Crippen molar-refractivity contribution in [1.82, 2.24) is 9.78 Å². The van der Waals surface area contributed by atoms with E-state index in [-0.39, 0.29) is 16.1 Å². The third-order valence-corrected chi connectivity index (χ3v) is 2.89. The monoisotopic (exact) mass is 268 g/mol. The number of hydrogen-bond acceptors (Lipinski definition) is 2. The lowest BCUT2D eigenvalue weighted by Gasteiger charge is -2.03. The summed E-state index contributed by atoms with van der Waals surface area (Å²) in [4.78, 5) is 10.8. The lowest BCUT2D eigenvalue weighted by molar-refractivity contribution is 0.0697. The summed E-state index contributed by atoms with van der Waals surface area (Å²) in [7, 11) is 0. The second-order valence-corrected chi connectivity index (χ2v) is 4.07. The van der Waals surface area contributed by atoms with E-state index in [9.17, 15) is 9.18 Å². The summed E-state index contributed by atoms with van der Waals surface area (Å²) in [5.41, 5.74) is 0.754. The van der Waals surface area contributed by atoms with Crippen LogP contribution < -0.4 is 0 Å². The van der Waals surface area contributed by atoms with Crippen LogP contribution in [-0.2, 0) is 6.54 Å². The number of aromatic carboxylic acids is 1. The predicted molar refractivity (Wildman–Crippen MR) is 65.3 cm³/mol. The summed E-state index contributed by atoms with van der Waals surface area (Å²) in [6.07, 6.45) is 1.38. The fourth-order valence-corrected chi connectivity index (χ4v) is 1.92. The van der Waals surface area contributed by atoms with Gasteiger partial charge in [-0.15, -0.1) is 0 Å². The molecule has 0 unspecified atom stereocenters. The van der Waals surface area contributed by atoms with Gasteiger partial charge in [-0.2, -0.15) is 9.49 Å². The van der Waals surface area contributed by atoms with E-state index in [0.29, 0.717) is 12.1 Å². The third kappa shape index (κ3) is 2.09. The van der Waals surface area contributed by atoms with Crippen LogP contribution in [0.2, 0.25) is 5.02 Å². The molecule has 0 saturated heterocycles. The molecule has 0 atom stereocenters. The van der Waals surface area contributed by atoms with Gasteiger partial charge in [-0.3, -0.25) is 0 Å². The second-order valence-electron chi connectivity index (χ2n) is 3.66. The average molecular weight is 269 g/mol. The van der Waals surface area contributed by atoms with Gasteiger partial charge in [0.15, 0.2) is 0 Å². The molecule has 1 heterocycles. The number of carbonyl (C=O) groups is 1. The minimum absolute atomic E-state index is 0.0621. The third-order valence-electron chi connectivity index (χ3n) is 2.58. The molecule has 6 heteroatoms. The van der Waals surface area contributed by atoms with Crippen molar-refractivity contribution in [2.75, 3.05) is 0 Å². The zero-order valence-electron chi connectivity index (χ0n) is 9.52. The maximum atomic E-state index is 13.9. The van der Waals surface area contributed by atoms with Crippen molar-refractivity contribution in [3.63, 3.8) is 0 Å². The van der Waals surface area contributed by atoms with Crippen molar-refractivity contribution in [2.24, 2.45) is 0 Å².